The average molecular weight is 433 g/mol. The van der Waals surface area contributed by atoms with Gasteiger partial charge in [-0.3, -0.25) is 0 Å². The Labute approximate surface area is 188 Å². The van der Waals surface area contributed by atoms with E-state index in [0.29, 0.717) is 6.04 Å². The first-order valence-corrected chi connectivity index (χ1v) is 11.4. The molecule has 1 atom stereocenters. The van der Waals surface area contributed by atoms with Crippen molar-refractivity contribution < 1.29 is 9.47 Å². The van der Waals surface area contributed by atoms with Gasteiger partial charge in [-0.15, -0.1) is 0 Å². The Balaban J connectivity index is 0.000000268. The Morgan fingerprint density at radius 2 is 1.16 bits per heavy atom. The van der Waals surface area contributed by atoms with Crippen LogP contribution in [0.15, 0.2) is 24.8 Å². The van der Waals surface area contributed by atoms with Crippen molar-refractivity contribution in [1.29, 1.82) is 0 Å². The van der Waals surface area contributed by atoms with E-state index in [1.165, 1.54) is 0 Å². The Bertz CT molecular complexity index is 690. The monoisotopic (exact) mass is 432 g/mol. The molecular weight excluding hydrogens is 392 g/mol. The molecule has 0 aromatic carbocycles. The lowest BCUT2D eigenvalue weighted by Crippen LogP contribution is -2.44. The van der Waals surface area contributed by atoms with Gasteiger partial charge in [-0.2, -0.15) is 0 Å². The van der Waals surface area contributed by atoms with Gasteiger partial charge in [-0.1, -0.05) is 27.7 Å². The van der Waals surface area contributed by atoms with Crippen molar-refractivity contribution in [1.82, 2.24) is 19.9 Å². The van der Waals surface area contributed by atoms with Crippen molar-refractivity contribution in [3.05, 3.63) is 35.9 Å². The van der Waals surface area contributed by atoms with E-state index in [2.05, 4.69) is 36.7 Å². The van der Waals surface area contributed by atoms with Crippen LogP contribution in [0.3, 0.4) is 0 Å². The highest BCUT2D eigenvalue weighted by Crippen LogP contribution is 2.14. The van der Waals surface area contributed by atoms with Crippen LogP contribution < -0.4 is 9.80 Å². The normalized spacial score (nSPS) is 17.8. The fourth-order valence-corrected chi connectivity index (χ4v) is 2.87. The maximum Gasteiger partial charge on any atom is 0.225 e. The minimum absolute atomic E-state index is 0.367. The zero-order valence-electron chi connectivity index (χ0n) is 20.3. The SMILES string of the molecule is CC.CC.Cc1cnc(N2CCOCC2)nc1.Cc1cnc(N2CCOCC2C)nc1. The summed E-state index contributed by atoms with van der Waals surface area (Å²) in [4.78, 5) is 21.5. The van der Waals surface area contributed by atoms with Gasteiger partial charge in [-0.05, 0) is 31.9 Å². The van der Waals surface area contributed by atoms with Crippen LogP contribution in [0.5, 0.6) is 0 Å². The molecule has 2 aromatic heterocycles. The number of hydrogen-bond donors (Lipinski definition) is 0. The predicted octanol–water partition coefficient (Wildman–Crippen LogP) is 3.68. The van der Waals surface area contributed by atoms with E-state index in [1.54, 1.807) is 0 Å². The van der Waals surface area contributed by atoms with E-state index in [-0.39, 0.29) is 0 Å². The van der Waals surface area contributed by atoms with E-state index in [1.807, 2.05) is 66.3 Å². The fourth-order valence-electron chi connectivity index (χ4n) is 2.87. The highest BCUT2D eigenvalue weighted by Gasteiger charge is 2.20. The van der Waals surface area contributed by atoms with Crippen molar-refractivity contribution in [2.24, 2.45) is 0 Å². The molecule has 1 unspecified atom stereocenters. The van der Waals surface area contributed by atoms with Crippen LogP contribution in [0, 0.1) is 13.8 Å². The molecule has 0 radical (unpaired) electrons. The molecule has 0 spiro atoms. The van der Waals surface area contributed by atoms with Crippen LogP contribution in [0.25, 0.3) is 0 Å². The van der Waals surface area contributed by atoms with Crippen molar-refractivity contribution in [2.45, 2.75) is 54.5 Å². The summed E-state index contributed by atoms with van der Waals surface area (Å²) < 4.78 is 10.6. The smallest absolute Gasteiger partial charge is 0.225 e. The van der Waals surface area contributed by atoms with Gasteiger partial charge in [-0.25, -0.2) is 19.9 Å². The molecule has 0 N–H and O–H groups in total. The first-order valence-electron chi connectivity index (χ1n) is 11.4. The number of nitrogens with zero attached hydrogens (tertiary/aromatic N) is 6. The molecular formula is C23H40N6O2. The molecule has 31 heavy (non-hydrogen) atoms. The van der Waals surface area contributed by atoms with Crippen LogP contribution in [0.4, 0.5) is 11.9 Å². The molecule has 2 aromatic rings. The summed E-state index contributed by atoms with van der Waals surface area (Å²) in [5, 5.41) is 0. The quantitative estimate of drug-likeness (QED) is 0.711. The molecule has 2 saturated heterocycles. The van der Waals surface area contributed by atoms with Crippen LogP contribution >= 0.6 is 0 Å². The predicted molar refractivity (Wildman–Crippen MR) is 127 cm³/mol. The van der Waals surface area contributed by atoms with Gasteiger partial charge in [0.05, 0.1) is 32.5 Å². The number of rotatable bonds is 2. The Hall–Kier alpha value is -2.32. The number of aryl methyl sites for hydroxylation is 2. The summed E-state index contributed by atoms with van der Waals surface area (Å²) in [6.07, 6.45) is 7.39. The highest BCUT2D eigenvalue weighted by molar-refractivity contribution is 5.32. The molecule has 0 bridgehead atoms. The van der Waals surface area contributed by atoms with Gasteiger partial charge in [0.25, 0.3) is 0 Å². The van der Waals surface area contributed by atoms with Crippen LogP contribution in [0.2, 0.25) is 0 Å². The van der Waals surface area contributed by atoms with Crippen molar-refractivity contribution in [2.75, 3.05) is 55.9 Å². The molecule has 174 valence electrons. The summed E-state index contributed by atoms with van der Waals surface area (Å²) in [5.74, 6) is 1.63. The van der Waals surface area contributed by atoms with Crippen molar-refractivity contribution in [3.63, 3.8) is 0 Å². The Morgan fingerprint density at radius 1 is 0.710 bits per heavy atom. The lowest BCUT2D eigenvalue weighted by atomic mass is 10.3. The minimum Gasteiger partial charge on any atom is -0.378 e. The van der Waals surface area contributed by atoms with Crippen molar-refractivity contribution in [3.8, 4) is 0 Å². The highest BCUT2D eigenvalue weighted by atomic mass is 16.5. The maximum atomic E-state index is 5.36. The van der Waals surface area contributed by atoms with Gasteiger partial charge in [0, 0.05) is 44.4 Å². The van der Waals surface area contributed by atoms with Gasteiger partial charge in [0.1, 0.15) is 0 Å². The van der Waals surface area contributed by atoms with Crippen LogP contribution in [-0.2, 0) is 9.47 Å². The fraction of sp³-hybridized carbons (Fsp3) is 0.652. The topological polar surface area (TPSA) is 76.5 Å². The summed E-state index contributed by atoms with van der Waals surface area (Å²) in [7, 11) is 0. The zero-order chi connectivity index (χ0) is 23.1. The number of anilines is 2. The number of morpholine rings is 2. The zero-order valence-corrected chi connectivity index (χ0v) is 20.3. The lowest BCUT2D eigenvalue weighted by Gasteiger charge is -2.33. The van der Waals surface area contributed by atoms with Crippen LogP contribution in [0.1, 0.15) is 45.7 Å². The number of ether oxygens (including phenoxy) is 2. The summed E-state index contributed by atoms with van der Waals surface area (Å²) in [5.41, 5.74) is 2.19. The standard InChI is InChI=1S/C10H15N3O.C9H13N3O.2C2H6/c1-8-5-11-10(12-6-8)13-3-4-14-7-9(13)2;1-8-6-10-9(11-7-8)12-2-4-13-5-3-12;2*1-2/h5-6,9H,3-4,7H2,1-2H3;6-7H,2-5H2,1H3;2*1-2H3. The third kappa shape index (κ3) is 9.14. The van der Waals surface area contributed by atoms with Gasteiger partial charge >= 0.3 is 0 Å². The van der Waals surface area contributed by atoms with Gasteiger partial charge in [0.15, 0.2) is 0 Å². The third-order valence-electron chi connectivity index (χ3n) is 4.45. The van der Waals surface area contributed by atoms with E-state index < -0.39 is 0 Å². The Kier molecular flexibility index (Phi) is 13.3. The molecule has 0 aliphatic carbocycles. The molecule has 4 rings (SSSR count). The molecule has 2 aliphatic heterocycles. The summed E-state index contributed by atoms with van der Waals surface area (Å²) >= 11 is 0. The number of aromatic nitrogens is 4. The summed E-state index contributed by atoms with van der Waals surface area (Å²) in [6.45, 7) is 19.8. The van der Waals surface area contributed by atoms with E-state index in [0.717, 1.165) is 69.1 Å². The van der Waals surface area contributed by atoms with E-state index in [4.69, 9.17) is 9.47 Å². The second-order valence-corrected chi connectivity index (χ2v) is 6.84. The van der Waals surface area contributed by atoms with Gasteiger partial charge in [0.2, 0.25) is 11.9 Å². The van der Waals surface area contributed by atoms with Crippen molar-refractivity contribution >= 4 is 11.9 Å². The molecule has 2 fully saturated rings. The number of hydrogen-bond acceptors (Lipinski definition) is 8. The molecule has 2 aliphatic rings. The molecule has 0 amide bonds. The first kappa shape index (κ1) is 26.7. The third-order valence-corrected chi connectivity index (χ3v) is 4.45. The Morgan fingerprint density at radius 3 is 1.65 bits per heavy atom. The largest absolute Gasteiger partial charge is 0.378 e. The van der Waals surface area contributed by atoms with Gasteiger partial charge < -0.3 is 19.3 Å². The molecule has 8 heteroatoms. The first-order chi connectivity index (χ1) is 15.1. The second-order valence-electron chi connectivity index (χ2n) is 6.84. The second kappa shape index (κ2) is 15.5. The lowest BCUT2D eigenvalue weighted by molar-refractivity contribution is 0.0981. The van der Waals surface area contributed by atoms with E-state index in [9.17, 15) is 0 Å². The molecule has 0 saturated carbocycles. The average Bonchev–Trinajstić information content (AvgIpc) is 2.84. The minimum atomic E-state index is 0.367. The maximum absolute atomic E-state index is 5.36. The van der Waals surface area contributed by atoms with Crippen LogP contribution in [-0.4, -0.2) is 72.0 Å². The molecule has 4 heterocycles. The molecule has 8 nitrogen and oxygen atoms in total. The summed E-state index contributed by atoms with van der Waals surface area (Å²) in [6, 6.07) is 0.367. The van der Waals surface area contributed by atoms with E-state index >= 15 is 0 Å².